The molecule has 9 rings (SSSR count). The number of carbonyl (C=O) groups is 4. The number of thiazole rings is 1. The van der Waals surface area contributed by atoms with Crippen molar-refractivity contribution in [3.63, 3.8) is 0 Å². The molecule has 2 aromatic heterocycles. The van der Waals surface area contributed by atoms with Crippen LogP contribution in [0, 0.1) is 0 Å². The van der Waals surface area contributed by atoms with Gasteiger partial charge in [-0.25, -0.2) is 19.7 Å². The van der Waals surface area contributed by atoms with Crippen LogP contribution in [0.15, 0.2) is 189 Å². The Morgan fingerprint density at radius 1 is 0.833 bits per heavy atom. The lowest BCUT2D eigenvalue weighted by Crippen LogP contribution is -2.71. The highest BCUT2D eigenvalue weighted by Crippen LogP contribution is 2.44. The molecule has 3 amide bonds. The van der Waals surface area contributed by atoms with Crippen molar-refractivity contribution in [3.8, 4) is 0 Å². The Morgan fingerprint density at radius 3 is 1.92 bits per heavy atom. The average Bonchev–Trinajstić information content (AvgIpc) is 3.96. The number of β-lactam (4-membered cyclic amide) rings is 1. The van der Waals surface area contributed by atoms with Crippen LogP contribution in [0.1, 0.15) is 66.2 Å². The van der Waals surface area contributed by atoms with Crippen LogP contribution in [0.4, 0.5) is 9.93 Å². The monoisotopic (exact) mass is 1100 g/mol. The predicted octanol–water partition coefficient (Wildman–Crippen LogP) is 7.63. The molecule has 5 aromatic carbocycles. The standard InChI is InChI=1S/C57H53N9O9S3/c1-56(2,3)75-55(72)58-30-31-65-47(62-63-49(68)51(65)70)42(76)32-37-33-77-52-44(50(69)66(52)45(37)53(71)74-46(35-20-10-5-11-21-35)36-22-12-6-13-23-36)60-48(67)43(64-73-4)41-34-78-54(59-41)61-57(38-24-14-7-15-25-38,39-26-16-8-17-27-39)40-28-18-9-19-29-40/h5-29,32,34,44,46,52,76H,30-31,33H2,1-4H3,(H,58,72)(H,59,61)(H,60,67)(H,63,68). The topological polar surface area (TPSA) is 228 Å². The van der Waals surface area contributed by atoms with E-state index in [1.54, 1.807) is 26.2 Å². The highest BCUT2D eigenvalue weighted by Gasteiger charge is 2.55. The van der Waals surface area contributed by atoms with Crippen LogP contribution in [-0.4, -0.2) is 90.7 Å². The number of nitrogens with one attached hydrogen (secondary N) is 4. The van der Waals surface area contributed by atoms with E-state index in [-0.39, 0.29) is 52.2 Å². The Kier molecular flexibility index (Phi) is 16.5. The molecule has 2 aliphatic heterocycles. The molecule has 21 heteroatoms. The molecule has 2 aliphatic rings. The van der Waals surface area contributed by atoms with Gasteiger partial charge in [0.2, 0.25) is 0 Å². The summed E-state index contributed by atoms with van der Waals surface area (Å²) in [7, 11) is 1.30. The van der Waals surface area contributed by atoms with E-state index in [1.165, 1.54) is 41.2 Å². The number of nitrogens with zero attached hydrogens (tertiary/aromatic N) is 5. The number of ether oxygens (including phenoxy) is 2. The first-order chi connectivity index (χ1) is 37.7. The van der Waals surface area contributed by atoms with Crippen molar-refractivity contribution in [1.29, 1.82) is 0 Å². The zero-order chi connectivity index (χ0) is 55.0. The van der Waals surface area contributed by atoms with Crippen LogP contribution in [-0.2, 0) is 40.8 Å². The van der Waals surface area contributed by atoms with Gasteiger partial charge >= 0.3 is 23.2 Å². The third-order valence-corrected chi connectivity index (χ3v) is 14.9. The summed E-state index contributed by atoms with van der Waals surface area (Å²) in [5.74, 6) is -2.32. The summed E-state index contributed by atoms with van der Waals surface area (Å²) in [6.07, 6.45) is -0.198. The fourth-order valence-electron chi connectivity index (χ4n) is 9.02. The molecule has 1 fully saturated rings. The lowest BCUT2D eigenvalue weighted by atomic mass is 9.77. The summed E-state index contributed by atoms with van der Waals surface area (Å²) < 4.78 is 12.7. The van der Waals surface area contributed by atoms with Crippen molar-refractivity contribution in [1.82, 2.24) is 35.3 Å². The minimum atomic E-state index is -1.16. The third-order valence-electron chi connectivity index (χ3n) is 12.5. The van der Waals surface area contributed by atoms with Crippen molar-refractivity contribution in [2.45, 2.75) is 56.0 Å². The number of carbonyl (C=O) groups excluding carboxylic acids is 4. The molecule has 78 heavy (non-hydrogen) atoms. The normalized spacial score (nSPS) is 15.7. The van der Waals surface area contributed by atoms with Crippen molar-refractivity contribution in [2.75, 3.05) is 24.7 Å². The maximum absolute atomic E-state index is 14.9. The zero-order valence-electron chi connectivity index (χ0n) is 42.6. The van der Waals surface area contributed by atoms with E-state index in [4.69, 9.17) is 31.9 Å². The lowest BCUT2D eigenvalue weighted by Gasteiger charge is -2.49. The second-order valence-electron chi connectivity index (χ2n) is 18.8. The summed E-state index contributed by atoms with van der Waals surface area (Å²) in [5.41, 5.74) is 0.492. The van der Waals surface area contributed by atoms with E-state index in [1.807, 2.05) is 152 Å². The van der Waals surface area contributed by atoms with Gasteiger partial charge in [0.25, 0.3) is 11.8 Å². The molecule has 4 N–H and O–H groups in total. The predicted molar refractivity (Wildman–Crippen MR) is 302 cm³/mol. The van der Waals surface area contributed by atoms with Crippen LogP contribution in [0.5, 0.6) is 0 Å². The van der Waals surface area contributed by atoms with Crippen molar-refractivity contribution < 1.29 is 33.5 Å². The number of thioether (sulfide) groups is 1. The largest absolute Gasteiger partial charge is 0.448 e. The fraction of sp³-hybridized carbons (Fsp3) is 0.211. The van der Waals surface area contributed by atoms with E-state index in [0.29, 0.717) is 16.3 Å². The molecule has 2 atom stereocenters. The Hall–Kier alpha value is -8.53. The third kappa shape index (κ3) is 11.7. The molecule has 1 saturated heterocycles. The quantitative estimate of drug-likeness (QED) is 0.0106. The summed E-state index contributed by atoms with van der Waals surface area (Å²) in [4.78, 5) is 93.7. The minimum Gasteiger partial charge on any atom is -0.448 e. The Morgan fingerprint density at radius 2 is 1.38 bits per heavy atom. The van der Waals surface area contributed by atoms with E-state index in [0.717, 1.165) is 21.3 Å². The molecule has 4 heterocycles. The fourth-order valence-corrected chi connectivity index (χ4v) is 11.4. The Labute approximate surface area is 462 Å². The molecular formula is C57H53N9O9S3. The van der Waals surface area contributed by atoms with E-state index < -0.39 is 63.7 Å². The highest BCUT2D eigenvalue weighted by molar-refractivity contribution is 8.00. The summed E-state index contributed by atoms with van der Waals surface area (Å²) >= 11 is 7.22. The number of alkyl carbamates (subject to hydrolysis) is 1. The van der Waals surface area contributed by atoms with Gasteiger partial charge in [0.05, 0.1) is 0 Å². The molecule has 7 aromatic rings. The zero-order valence-corrected chi connectivity index (χ0v) is 45.1. The Balaban J connectivity index is 1.02. The van der Waals surface area contributed by atoms with Gasteiger partial charge in [-0.3, -0.25) is 28.6 Å². The summed E-state index contributed by atoms with van der Waals surface area (Å²) in [6.45, 7) is 4.76. The molecule has 0 radical (unpaired) electrons. The molecule has 0 aliphatic carbocycles. The number of hydrogen-bond donors (Lipinski definition) is 5. The number of aromatic nitrogens is 4. The van der Waals surface area contributed by atoms with Crippen molar-refractivity contribution >= 4 is 75.4 Å². The van der Waals surface area contributed by atoms with Gasteiger partial charge in [-0.05, 0) is 60.2 Å². The van der Waals surface area contributed by atoms with Crippen LogP contribution >= 0.6 is 35.7 Å². The van der Waals surface area contributed by atoms with Gasteiger partial charge < -0.3 is 30.3 Å². The van der Waals surface area contributed by atoms with E-state index >= 15 is 0 Å². The number of fused-ring (bicyclic) bond motifs is 1. The van der Waals surface area contributed by atoms with Gasteiger partial charge in [0, 0.05) is 29.1 Å². The molecule has 18 nitrogen and oxygen atoms in total. The number of aromatic amines is 1. The molecule has 0 saturated carbocycles. The Bertz CT molecular complexity index is 3400. The van der Waals surface area contributed by atoms with Gasteiger partial charge in [-0.1, -0.05) is 157 Å². The number of thiol groups is 1. The minimum absolute atomic E-state index is 0.0200. The smallest absolute Gasteiger partial charge is 0.407 e. The molecule has 398 valence electrons. The first-order valence-electron chi connectivity index (χ1n) is 24.6. The van der Waals surface area contributed by atoms with Gasteiger partial charge in [-0.2, -0.15) is 5.10 Å². The number of benzene rings is 5. The number of rotatable bonds is 18. The number of allylic oxidation sites excluding steroid dienone is 1. The van der Waals surface area contributed by atoms with Crippen molar-refractivity contribution in [3.05, 3.63) is 234 Å². The van der Waals surface area contributed by atoms with E-state index in [9.17, 15) is 28.8 Å². The highest BCUT2D eigenvalue weighted by atomic mass is 32.2. The maximum Gasteiger partial charge on any atom is 0.407 e. The van der Waals surface area contributed by atoms with Crippen LogP contribution < -0.4 is 27.1 Å². The van der Waals surface area contributed by atoms with Gasteiger partial charge in [0.1, 0.15) is 41.1 Å². The summed E-state index contributed by atoms with van der Waals surface area (Å²) in [5, 5.41) is 20.8. The summed E-state index contributed by atoms with van der Waals surface area (Å²) in [6, 6.07) is 46.9. The molecular weight excluding hydrogens is 1050 g/mol. The van der Waals surface area contributed by atoms with E-state index in [2.05, 4.69) is 31.3 Å². The number of hydrogen-bond acceptors (Lipinski definition) is 16. The second kappa shape index (κ2) is 23.8. The number of esters is 1. The molecule has 2 unspecified atom stereocenters. The maximum atomic E-state index is 14.9. The van der Waals surface area contributed by atoms with Crippen LogP contribution in [0.3, 0.4) is 0 Å². The molecule has 0 spiro atoms. The van der Waals surface area contributed by atoms with Crippen molar-refractivity contribution in [2.24, 2.45) is 5.16 Å². The number of oxime groups is 1. The first kappa shape index (κ1) is 54.3. The molecule has 0 bridgehead atoms. The SMILES string of the molecule is CON=C(C(=O)NC1C(=O)N2C(C(=O)OC(c3ccccc3)c3ccccc3)=C(C=C(S)c3n[nH]c(=O)c(=O)n3CCNC(=O)OC(C)(C)C)CSC12)c1csc(NC(c2ccccc2)(c2ccccc2)c2ccccc2)n1. The van der Waals surface area contributed by atoms with Gasteiger partial charge in [0.15, 0.2) is 22.8 Å². The first-order valence-corrected chi connectivity index (χ1v) is 26.9. The average molecular weight is 1100 g/mol. The van der Waals surface area contributed by atoms with Crippen LogP contribution in [0.25, 0.3) is 4.91 Å². The number of amides is 3. The van der Waals surface area contributed by atoms with Crippen LogP contribution in [0.2, 0.25) is 0 Å². The lowest BCUT2D eigenvalue weighted by molar-refractivity contribution is -0.154. The second-order valence-corrected chi connectivity index (χ2v) is 21.2. The number of anilines is 1. The number of H-pyrrole nitrogens is 1. The van der Waals surface area contributed by atoms with Gasteiger partial charge in [-0.15, -0.1) is 35.7 Å².